The molecule has 1 N–H and O–H groups in total. The van der Waals surface area contributed by atoms with Gasteiger partial charge in [-0.15, -0.1) is 0 Å². The molecular weight excluding hydrogens is 529 g/mol. The van der Waals surface area contributed by atoms with Gasteiger partial charge in [0.05, 0.1) is 17.4 Å². The maximum atomic E-state index is 13.3. The minimum atomic E-state index is -4.49. The van der Waals surface area contributed by atoms with Gasteiger partial charge in [0.2, 0.25) is 0 Å². The Morgan fingerprint density at radius 2 is 1.77 bits per heavy atom. The highest BCUT2D eigenvalue weighted by atomic mass is 28.4. The highest BCUT2D eigenvalue weighted by Crippen LogP contribution is 2.52. The summed E-state index contributed by atoms with van der Waals surface area (Å²) in [6.07, 6.45) is 2.80. The maximum Gasteiger partial charge on any atom is 0.417 e. The normalized spacial score (nSPS) is 22.1. The van der Waals surface area contributed by atoms with Crippen LogP contribution in [-0.2, 0) is 17.0 Å². The van der Waals surface area contributed by atoms with Gasteiger partial charge in [-0.25, -0.2) is 0 Å². The van der Waals surface area contributed by atoms with E-state index in [1.807, 2.05) is 0 Å². The predicted molar refractivity (Wildman–Crippen MR) is 156 cm³/mol. The van der Waals surface area contributed by atoms with Crippen LogP contribution in [0.4, 0.5) is 13.2 Å². The van der Waals surface area contributed by atoms with Gasteiger partial charge in [0.25, 0.3) is 0 Å². The first-order chi connectivity index (χ1) is 18.3. The Kier molecular flexibility index (Phi) is 8.24. The number of hydrogen-bond donors (Lipinski definition) is 1. The predicted octanol–water partition coefficient (Wildman–Crippen LogP) is 9.17. The van der Waals surface area contributed by atoms with Crippen molar-refractivity contribution in [2.45, 2.75) is 123 Å². The zero-order valence-corrected chi connectivity index (χ0v) is 26.4. The van der Waals surface area contributed by atoms with E-state index in [1.54, 1.807) is 0 Å². The molecular formula is C32H45F3N2O2Si. The summed E-state index contributed by atoms with van der Waals surface area (Å²) in [6, 6.07) is 2.28. The quantitative estimate of drug-likeness (QED) is 0.276. The van der Waals surface area contributed by atoms with Gasteiger partial charge < -0.3 is 9.53 Å². The second-order valence-electron chi connectivity index (χ2n) is 14.2. The molecule has 0 saturated heterocycles. The number of alkyl halides is 3. The Labute approximate surface area is 238 Å². The fourth-order valence-corrected chi connectivity index (χ4v) is 7.11. The van der Waals surface area contributed by atoms with E-state index in [2.05, 4.69) is 78.7 Å². The molecule has 3 atom stereocenters. The molecule has 0 amide bonds. The lowest BCUT2D eigenvalue weighted by Crippen LogP contribution is -2.44. The molecule has 0 bridgehead atoms. The van der Waals surface area contributed by atoms with Gasteiger partial charge in [0.15, 0.2) is 8.32 Å². The van der Waals surface area contributed by atoms with Crippen molar-refractivity contribution in [3.63, 3.8) is 0 Å². The van der Waals surface area contributed by atoms with Gasteiger partial charge in [-0.1, -0.05) is 60.6 Å². The zero-order chi connectivity index (χ0) is 29.8. The fourth-order valence-electron chi connectivity index (χ4n) is 5.84. The third kappa shape index (κ3) is 6.09. The van der Waals surface area contributed by atoms with E-state index in [4.69, 9.17) is 9.41 Å². The van der Waals surface area contributed by atoms with Crippen molar-refractivity contribution >= 4 is 8.32 Å². The molecule has 220 valence electrons. The number of fused-ring (bicyclic) bond motifs is 1. The van der Waals surface area contributed by atoms with Crippen LogP contribution in [0.2, 0.25) is 18.1 Å². The molecule has 2 aromatic rings. The molecule has 0 spiro atoms. The van der Waals surface area contributed by atoms with Gasteiger partial charge in [0.1, 0.15) is 6.10 Å². The first-order valence-electron chi connectivity index (χ1n) is 14.4. The largest absolute Gasteiger partial charge is 0.417 e. The number of aromatic nitrogens is 2. The van der Waals surface area contributed by atoms with Crippen LogP contribution in [0.3, 0.4) is 0 Å². The van der Waals surface area contributed by atoms with E-state index in [0.717, 1.165) is 60.5 Å². The number of nitrogens with zero attached hydrogens (tertiary/aromatic N) is 2. The molecule has 2 aromatic heterocycles. The molecule has 2 heterocycles. The highest BCUT2D eigenvalue weighted by molar-refractivity contribution is 6.74. The lowest BCUT2D eigenvalue weighted by atomic mass is 9.70. The molecule has 0 aliphatic heterocycles. The van der Waals surface area contributed by atoms with Crippen LogP contribution in [-0.4, -0.2) is 23.4 Å². The van der Waals surface area contributed by atoms with Gasteiger partial charge >= 0.3 is 6.18 Å². The first-order valence-corrected chi connectivity index (χ1v) is 17.4. The Morgan fingerprint density at radius 1 is 1.10 bits per heavy atom. The molecule has 0 radical (unpaired) electrons. The Morgan fingerprint density at radius 3 is 2.27 bits per heavy atom. The lowest BCUT2D eigenvalue weighted by Gasteiger charge is -2.45. The van der Waals surface area contributed by atoms with Gasteiger partial charge in [-0.05, 0) is 72.8 Å². The second-order valence-corrected chi connectivity index (χ2v) is 19.0. The van der Waals surface area contributed by atoms with Crippen LogP contribution in [0.5, 0.6) is 0 Å². The number of rotatable bonds is 6. The van der Waals surface area contributed by atoms with Crippen LogP contribution >= 0.6 is 0 Å². The summed E-state index contributed by atoms with van der Waals surface area (Å²) >= 11 is 0. The van der Waals surface area contributed by atoms with Gasteiger partial charge in [0, 0.05) is 34.6 Å². The molecule has 0 fully saturated rings. The van der Waals surface area contributed by atoms with Crippen molar-refractivity contribution in [1.29, 1.82) is 0 Å². The first kappa shape index (κ1) is 30.9. The van der Waals surface area contributed by atoms with Crippen molar-refractivity contribution in [3.8, 4) is 0 Å². The average molecular weight is 575 g/mol. The third-order valence-corrected chi connectivity index (χ3v) is 13.5. The van der Waals surface area contributed by atoms with E-state index in [1.165, 1.54) is 6.07 Å². The minimum absolute atomic E-state index is 0.00155. The summed E-state index contributed by atoms with van der Waals surface area (Å²) in [5.74, 6) is 0.0680. The van der Waals surface area contributed by atoms with Crippen molar-refractivity contribution < 1.29 is 22.7 Å². The van der Waals surface area contributed by atoms with Crippen LogP contribution in [0, 0.1) is 5.41 Å². The van der Waals surface area contributed by atoms with Crippen molar-refractivity contribution in [3.05, 3.63) is 69.8 Å². The average Bonchev–Trinajstić information content (AvgIpc) is 3.35. The van der Waals surface area contributed by atoms with Crippen molar-refractivity contribution in [1.82, 2.24) is 9.97 Å². The fraction of sp³-hybridized carbons (Fsp3) is 0.625. The summed E-state index contributed by atoms with van der Waals surface area (Å²) in [4.78, 5) is 9.33. The maximum absolute atomic E-state index is 13.3. The Hall–Kier alpha value is -2.03. The molecule has 2 aliphatic rings. The number of pyridine rings is 2. The van der Waals surface area contributed by atoms with E-state index in [-0.39, 0.29) is 34.1 Å². The second kappa shape index (κ2) is 10.7. The van der Waals surface area contributed by atoms with Crippen LogP contribution in [0.15, 0.2) is 30.5 Å². The molecule has 8 heteroatoms. The topological polar surface area (TPSA) is 55.2 Å². The van der Waals surface area contributed by atoms with E-state index >= 15 is 0 Å². The van der Waals surface area contributed by atoms with Crippen LogP contribution < -0.4 is 0 Å². The van der Waals surface area contributed by atoms with Crippen LogP contribution in [0.25, 0.3) is 0 Å². The summed E-state index contributed by atoms with van der Waals surface area (Å²) < 4.78 is 46.9. The van der Waals surface area contributed by atoms with E-state index in [9.17, 15) is 18.3 Å². The number of allylic oxidation sites excluding steroid dienone is 2. The summed E-state index contributed by atoms with van der Waals surface area (Å²) in [5, 5.41) is 11.9. The molecule has 2 aliphatic carbocycles. The summed E-state index contributed by atoms with van der Waals surface area (Å²) in [5.41, 5.74) is 3.95. The number of aliphatic hydroxyl groups is 1. The number of halogens is 3. The smallest absolute Gasteiger partial charge is 0.410 e. The molecule has 4 rings (SSSR count). The standard InChI is InChI=1S/C32H45F3N2O2Si/c1-19(2)28-27(29(38)22-15-14-21(18-36-22)32(33,34)35)25(20-12-10-11-13-20)26-23(37-28)16-31(6,7)17-24(26)39-40(8,9)30(3,4)5/h10,12,14-15,18-20,24,29,38H,11,13,16-17H2,1-9H3/t20?,24?,29-/m1/s1. The molecule has 40 heavy (non-hydrogen) atoms. The number of aliphatic hydroxyl groups excluding tert-OH is 1. The Bertz CT molecular complexity index is 1260. The van der Waals surface area contributed by atoms with Crippen molar-refractivity contribution in [2.24, 2.45) is 5.41 Å². The molecule has 0 saturated carbocycles. The van der Waals surface area contributed by atoms with Crippen molar-refractivity contribution in [2.75, 3.05) is 0 Å². The Balaban J connectivity index is 1.98. The molecule has 2 unspecified atom stereocenters. The molecule has 0 aromatic carbocycles. The summed E-state index contributed by atoms with van der Waals surface area (Å²) in [6.45, 7) is 19.9. The van der Waals surface area contributed by atoms with E-state index < -0.39 is 26.2 Å². The monoisotopic (exact) mass is 574 g/mol. The SMILES string of the molecule is CC(C)c1nc2c(c(C3C=CCC3)c1[C@H](O)c1ccc(C(F)(F)F)cn1)C(O[Si](C)(C)C(C)(C)C)CC(C)(C)C2. The lowest BCUT2D eigenvalue weighted by molar-refractivity contribution is -0.137. The molecule has 4 nitrogen and oxygen atoms in total. The van der Waals surface area contributed by atoms with E-state index in [0.29, 0.717) is 5.56 Å². The minimum Gasteiger partial charge on any atom is -0.410 e. The van der Waals surface area contributed by atoms with Gasteiger partial charge in [-0.2, -0.15) is 13.2 Å². The highest BCUT2D eigenvalue weighted by Gasteiger charge is 2.45. The van der Waals surface area contributed by atoms with Crippen LogP contribution in [0.1, 0.15) is 131 Å². The third-order valence-electron chi connectivity index (χ3n) is 8.97. The zero-order valence-electron chi connectivity index (χ0n) is 25.4. The number of hydrogen-bond acceptors (Lipinski definition) is 4. The summed E-state index contributed by atoms with van der Waals surface area (Å²) in [7, 11) is -2.18. The van der Waals surface area contributed by atoms with Gasteiger partial charge in [-0.3, -0.25) is 9.97 Å².